The Bertz CT molecular complexity index is 786. The van der Waals surface area contributed by atoms with Crippen molar-refractivity contribution < 1.29 is 19.1 Å². The molecule has 1 aromatic carbocycles. The van der Waals surface area contributed by atoms with Crippen LogP contribution in [0, 0.1) is 12.7 Å². The number of amides is 2. The van der Waals surface area contributed by atoms with Gasteiger partial charge in [0.1, 0.15) is 11.5 Å². The second-order valence-corrected chi connectivity index (χ2v) is 6.36. The zero-order valence-electron chi connectivity index (χ0n) is 14.3. The number of hydrogen-bond acceptors (Lipinski definition) is 3. The number of aliphatic carboxylic acids is 1. The lowest BCUT2D eigenvalue weighted by atomic mass is 9.99. The van der Waals surface area contributed by atoms with Crippen molar-refractivity contribution >= 4 is 17.7 Å². The second kappa shape index (κ2) is 7.33. The van der Waals surface area contributed by atoms with E-state index in [2.05, 4.69) is 15.7 Å². The SMILES string of the molecule is Cc1c(NC(=O)NC(C)(C)CCC(=O)O)cnn1-c1ccccc1F. The van der Waals surface area contributed by atoms with Crippen LogP contribution in [-0.2, 0) is 4.79 Å². The first-order chi connectivity index (χ1) is 11.7. The van der Waals surface area contributed by atoms with Gasteiger partial charge in [0.25, 0.3) is 0 Å². The number of rotatable bonds is 6. The summed E-state index contributed by atoms with van der Waals surface area (Å²) in [5.41, 5.74) is 0.617. The molecule has 0 radical (unpaired) electrons. The third-order valence-electron chi connectivity index (χ3n) is 3.75. The largest absolute Gasteiger partial charge is 0.481 e. The predicted octanol–water partition coefficient (Wildman–Crippen LogP) is 3.08. The van der Waals surface area contributed by atoms with Crippen LogP contribution in [0.1, 0.15) is 32.4 Å². The summed E-state index contributed by atoms with van der Waals surface area (Å²) in [5, 5.41) is 18.2. The van der Waals surface area contributed by atoms with Gasteiger partial charge < -0.3 is 15.7 Å². The van der Waals surface area contributed by atoms with Crippen LogP contribution in [0.2, 0.25) is 0 Å². The van der Waals surface area contributed by atoms with E-state index in [1.165, 1.54) is 16.9 Å². The minimum Gasteiger partial charge on any atom is -0.481 e. The van der Waals surface area contributed by atoms with Gasteiger partial charge in [-0.2, -0.15) is 5.10 Å². The molecule has 3 N–H and O–H groups in total. The Morgan fingerprint density at radius 2 is 2.00 bits per heavy atom. The van der Waals surface area contributed by atoms with Crippen molar-refractivity contribution in [2.45, 2.75) is 39.2 Å². The van der Waals surface area contributed by atoms with Gasteiger partial charge in [-0.25, -0.2) is 13.9 Å². The zero-order chi connectivity index (χ0) is 18.6. The molecule has 0 fully saturated rings. The van der Waals surface area contributed by atoms with Crippen LogP contribution < -0.4 is 10.6 Å². The molecule has 2 rings (SSSR count). The number of nitrogens with zero attached hydrogens (tertiary/aromatic N) is 2. The second-order valence-electron chi connectivity index (χ2n) is 6.36. The summed E-state index contributed by atoms with van der Waals surface area (Å²) in [6, 6.07) is 5.73. The summed E-state index contributed by atoms with van der Waals surface area (Å²) < 4.78 is 15.3. The Hall–Kier alpha value is -2.90. The van der Waals surface area contributed by atoms with Gasteiger partial charge in [-0.05, 0) is 39.3 Å². The highest BCUT2D eigenvalue weighted by Crippen LogP contribution is 2.20. The fourth-order valence-corrected chi connectivity index (χ4v) is 2.34. The third kappa shape index (κ3) is 4.79. The lowest BCUT2D eigenvalue weighted by Gasteiger charge is -2.25. The molecule has 0 atom stereocenters. The average molecular weight is 348 g/mol. The van der Waals surface area contributed by atoms with Crippen LogP contribution >= 0.6 is 0 Å². The summed E-state index contributed by atoms with van der Waals surface area (Å²) in [5.74, 6) is -1.34. The van der Waals surface area contributed by atoms with E-state index in [1.807, 2.05) is 0 Å². The first-order valence-electron chi connectivity index (χ1n) is 7.80. The van der Waals surface area contributed by atoms with E-state index in [1.54, 1.807) is 39.0 Å². The van der Waals surface area contributed by atoms with Gasteiger partial charge in [-0.3, -0.25) is 4.79 Å². The van der Waals surface area contributed by atoms with Crippen molar-refractivity contribution in [1.29, 1.82) is 0 Å². The number of aromatic nitrogens is 2. The van der Waals surface area contributed by atoms with E-state index in [-0.39, 0.29) is 12.1 Å². The molecule has 0 aliphatic heterocycles. The number of anilines is 1. The molecule has 0 aliphatic rings. The minimum atomic E-state index is -0.919. The molecule has 0 bridgehead atoms. The number of carboxylic acid groups (broad SMARTS) is 1. The molecule has 7 nitrogen and oxygen atoms in total. The van der Waals surface area contributed by atoms with Crippen molar-refractivity contribution in [2.24, 2.45) is 0 Å². The lowest BCUT2D eigenvalue weighted by Crippen LogP contribution is -2.45. The maximum Gasteiger partial charge on any atom is 0.319 e. The minimum absolute atomic E-state index is 0.0441. The molecule has 25 heavy (non-hydrogen) atoms. The van der Waals surface area contributed by atoms with Crippen LogP contribution in [0.4, 0.5) is 14.9 Å². The third-order valence-corrected chi connectivity index (χ3v) is 3.75. The number of nitrogens with one attached hydrogen (secondary N) is 2. The van der Waals surface area contributed by atoms with Crippen LogP contribution in [0.25, 0.3) is 5.69 Å². The van der Waals surface area contributed by atoms with Gasteiger partial charge in [-0.1, -0.05) is 12.1 Å². The molecule has 1 aromatic heterocycles. The highest BCUT2D eigenvalue weighted by molar-refractivity contribution is 5.90. The summed E-state index contributed by atoms with van der Waals surface area (Å²) in [4.78, 5) is 22.8. The molecule has 1 heterocycles. The molecule has 2 aromatic rings. The number of carbonyl (C=O) groups excluding carboxylic acids is 1. The molecule has 0 saturated carbocycles. The Labute approximate surface area is 144 Å². The molecule has 0 aliphatic carbocycles. The first-order valence-corrected chi connectivity index (χ1v) is 7.80. The normalized spacial score (nSPS) is 11.2. The van der Waals surface area contributed by atoms with Crippen molar-refractivity contribution in [2.75, 3.05) is 5.32 Å². The molecule has 2 amide bonds. The maximum atomic E-state index is 13.9. The van der Waals surface area contributed by atoms with Gasteiger partial charge in [0, 0.05) is 12.0 Å². The Morgan fingerprint density at radius 1 is 1.32 bits per heavy atom. The number of carboxylic acids is 1. The van der Waals surface area contributed by atoms with E-state index in [9.17, 15) is 14.0 Å². The predicted molar refractivity (Wildman–Crippen MR) is 91.4 cm³/mol. The Kier molecular flexibility index (Phi) is 5.41. The lowest BCUT2D eigenvalue weighted by molar-refractivity contribution is -0.137. The molecular weight excluding hydrogens is 327 g/mol. The maximum absolute atomic E-state index is 13.9. The van der Waals surface area contributed by atoms with E-state index in [4.69, 9.17) is 5.11 Å². The zero-order valence-corrected chi connectivity index (χ0v) is 14.3. The standard InChI is InChI=1S/C17H21FN4O3/c1-11-13(10-19-22(11)14-7-5-4-6-12(14)18)20-16(25)21-17(2,3)9-8-15(23)24/h4-7,10H,8-9H2,1-3H3,(H,23,24)(H2,20,21,25). The topological polar surface area (TPSA) is 96.2 Å². The van der Waals surface area contributed by atoms with Gasteiger partial charge in [0.05, 0.1) is 17.6 Å². The molecule has 134 valence electrons. The number of urea groups is 1. The van der Waals surface area contributed by atoms with Gasteiger partial charge in [0.15, 0.2) is 0 Å². The monoisotopic (exact) mass is 348 g/mol. The van der Waals surface area contributed by atoms with Crippen LogP contribution in [0.15, 0.2) is 30.5 Å². The number of halogens is 1. The molecule has 0 saturated heterocycles. The van der Waals surface area contributed by atoms with Crippen molar-refractivity contribution in [3.05, 3.63) is 42.0 Å². The Balaban J connectivity index is 2.08. The first kappa shape index (κ1) is 18.4. The molecule has 8 heteroatoms. The van der Waals surface area contributed by atoms with Crippen LogP contribution in [0.3, 0.4) is 0 Å². The van der Waals surface area contributed by atoms with Gasteiger partial charge in [-0.15, -0.1) is 0 Å². The average Bonchev–Trinajstić information content (AvgIpc) is 2.86. The number of benzene rings is 1. The summed E-state index contributed by atoms with van der Waals surface area (Å²) in [6.07, 6.45) is 1.69. The summed E-state index contributed by atoms with van der Waals surface area (Å²) >= 11 is 0. The summed E-state index contributed by atoms with van der Waals surface area (Å²) in [7, 11) is 0. The number of para-hydroxylation sites is 1. The Morgan fingerprint density at radius 3 is 2.64 bits per heavy atom. The quantitative estimate of drug-likeness (QED) is 0.747. The molecule has 0 unspecified atom stereocenters. The van der Waals surface area contributed by atoms with Gasteiger partial charge in [0.2, 0.25) is 0 Å². The number of carbonyl (C=O) groups is 2. The van der Waals surface area contributed by atoms with E-state index in [0.717, 1.165) is 0 Å². The van der Waals surface area contributed by atoms with Gasteiger partial charge >= 0.3 is 12.0 Å². The highest BCUT2D eigenvalue weighted by Gasteiger charge is 2.22. The molecular formula is C17H21FN4O3. The van der Waals surface area contributed by atoms with Crippen LogP contribution in [0.5, 0.6) is 0 Å². The van der Waals surface area contributed by atoms with Crippen LogP contribution in [-0.4, -0.2) is 32.4 Å². The smallest absolute Gasteiger partial charge is 0.319 e. The fraction of sp³-hybridized carbons (Fsp3) is 0.353. The van der Waals surface area contributed by atoms with Crippen molar-refractivity contribution in [1.82, 2.24) is 15.1 Å². The van der Waals surface area contributed by atoms with Crippen molar-refractivity contribution in [3.8, 4) is 5.69 Å². The van der Waals surface area contributed by atoms with Crippen molar-refractivity contribution in [3.63, 3.8) is 0 Å². The van der Waals surface area contributed by atoms with E-state index in [0.29, 0.717) is 17.8 Å². The highest BCUT2D eigenvalue weighted by atomic mass is 19.1. The van der Waals surface area contributed by atoms with E-state index < -0.39 is 23.4 Å². The molecule has 0 spiro atoms. The fourth-order valence-electron chi connectivity index (χ4n) is 2.34. The van der Waals surface area contributed by atoms with E-state index >= 15 is 0 Å². The summed E-state index contributed by atoms with van der Waals surface area (Å²) in [6.45, 7) is 5.20. The number of hydrogen-bond donors (Lipinski definition) is 3.